The molecule has 1 saturated carbocycles. The Balaban J connectivity index is 1.56. The molecule has 2 nitrogen and oxygen atoms in total. The van der Waals surface area contributed by atoms with Crippen molar-refractivity contribution in [3.63, 3.8) is 0 Å². The van der Waals surface area contributed by atoms with Gasteiger partial charge in [-0.1, -0.05) is 12.8 Å². The van der Waals surface area contributed by atoms with Crippen LogP contribution in [0.1, 0.15) is 51.0 Å². The van der Waals surface area contributed by atoms with Crippen LogP contribution in [0.3, 0.4) is 0 Å². The zero-order valence-electron chi connectivity index (χ0n) is 12.0. The summed E-state index contributed by atoms with van der Waals surface area (Å²) in [6.45, 7) is 3.33. The van der Waals surface area contributed by atoms with Gasteiger partial charge < -0.3 is 10.4 Å². The molecule has 0 bridgehead atoms. The van der Waals surface area contributed by atoms with Crippen LogP contribution in [0.25, 0.3) is 0 Å². The lowest BCUT2D eigenvalue weighted by Crippen LogP contribution is -2.30. The van der Waals surface area contributed by atoms with Gasteiger partial charge in [-0.2, -0.15) is 11.3 Å². The number of thiophene rings is 1. The number of hydrogen-bond acceptors (Lipinski definition) is 3. The molecule has 108 valence electrons. The normalized spacial score (nSPS) is 25.4. The van der Waals surface area contributed by atoms with Crippen LogP contribution in [-0.2, 0) is 6.42 Å². The summed E-state index contributed by atoms with van der Waals surface area (Å²) in [5, 5.41) is 17.9. The van der Waals surface area contributed by atoms with Crippen LogP contribution in [0.4, 0.5) is 0 Å². The van der Waals surface area contributed by atoms with E-state index < -0.39 is 0 Å². The van der Waals surface area contributed by atoms with Crippen molar-refractivity contribution in [1.29, 1.82) is 0 Å². The third-order valence-corrected chi connectivity index (χ3v) is 4.97. The highest BCUT2D eigenvalue weighted by atomic mass is 32.1. The topological polar surface area (TPSA) is 32.3 Å². The van der Waals surface area contributed by atoms with Crippen LogP contribution in [-0.4, -0.2) is 23.8 Å². The van der Waals surface area contributed by atoms with Gasteiger partial charge in [-0.15, -0.1) is 0 Å². The second-order valence-corrected chi connectivity index (χ2v) is 6.73. The Kier molecular flexibility index (Phi) is 6.35. The minimum atomic E-state index is -0.0306. The van der Waals surface area contributed by atoms with E-state index in [1.807, 2.05) is 0 Å². The van der Waals surface area contributed by atoms with Gasteiger partial charge in [-0.05, 0) is 73.9 Å². The van der Waals surface area contributed by atoms with Crippen LogP contribution in [0, 0.1) is 5.92 Å². The molecule has 2 rings (SSSR count). The molecule has 0 spiro atoms. The highest BCUT2D eigenvalue weighted by Gasteiger charge is 2.22. The molecule has 2 N–H and O–H groups in total. The summed E-state index contributed by atoms with van der Waals surface area (Å²) < 4.78 is 0. The van der Waals surface area contributed by atoms with Gasteiger partial charge in [-0.3, -0.25) is 0 Å². The van der Waals surface area contributed by atoms with Crippen molar-refractivity contribution in [2.24, 2.45) is 5.92 Å². The van der Waals surface area contributed by atoms with Crippen molar-refractivity contribution >= 4 is 11.3 Å². The first-order valence-corrected chi connectivity index (χ1v) is 8.62. The van der Waals surface area contributed by atoms with E-state index in [1.165, 1.54) is 37.7 Å². The summed E-state index contributed by atoms with van der Waals surface area (Å²) in [5.74, 6) is 0.558. The number of nitrogens with one attached hydrogen (secondary N) is 1. The Morgan fingerprint density at radius 1 is 1.42 bits per heavy atom. The van der Waals surface area contributed by atoms with Crippen molar-refractivity contribution in [1.82, 2.24) is 5.32 Å². The Morgan fingerprint density at radius 2 is 2.26 bits per heavy atom. The predicted octanol–water partition coefficient (Wildman–Crippen LogP) is 3.60. The third-order valence-electron chi connectivity index (χ3n) is 4.24. The lowest BCUT2D eigenvalue weighted by atomic mass is 9.83. The highest BCUT2D eigenvalue weighted by Crippen LogP contribution is 2.27. The molecule has 1 aliphatic rings. The minimum absolute atomic E-state index is 0.0306. The maximum atomic E-state index is 9.93. The maximum absolute atomic E-state index is 9.93. The fourth-order valence-electron chi connectivity index (χ4n) is 3.07. The molecule has 19 heavy (non-hydrogen) atoms. The fraction of sp³-hybridized carbons (Fsp3) is 0.750. The quantitative estimate of drug-likeness (QED) is 0.749. The number of aliphatic hydroxyl groups excluding tert-OH is 1. The molecule has 0 saturated heterocycles. The lowest BCUT2D eigenvalue weighted by molar-refractivity contribution is 0.0642. The van der Waals surface area contributed by atoms with E-state index in [1.54, 1.807) is 11.3 Å². The van der Waals surface area contributed by atoms with Crippen LogP contribution >= 0.6 is 11.3 Å². The van der Waals surface area contributed by atoms with Gasteiger partial charge in [0.1, 0.15) is 0 Å². The van der Waals surface area contributed by atoms with Gasteiger partial charge >= 0.3 is 0 Å². The highest BCUT2D eigenvalue weighted by molar-refractivity contribution is 7.07. The van der Waals surface area contributed by atoms with Gasteiger partial charge in [0, 0.05) is 6.04 Å². The van der Waals surface area contributed by atoms with E-state index >= 15 is 0 Å². The Bertz CT molecular complexity index is 339. The molecule has 3 unspecified atom stereocenters. The second kappa shape index (κ2) is 8.03. The molecule has 3 atom stereocenters. The molecule has 3 heteroatoms. The van der Waals surface area contributed by atoms with E-state index in [9.17, 15) is 5.11 Å². The first-order chi connectivity index (χ1) is 9.25. The third kappa shape index (κ3) is 5.25. The van der Waals surface area contributed by atoms with Crippen molar-refractivity contribution in [2.45, 2.75) is 64.0 Å². The molecule has 0 aliphatic heterocycles. The largest absolute Gasteiger partial charge is 0.393 e. The zero-order valence-corrected chi connectivity index (χ0v) is 12.8. The van der Waals surface area contributed by atoms with E-state index in [-0.39, 0.29) is 6.10 Å². The van der Waals surface area contributed by atoms with E-state index in [4.69, 9.17) is 0 Å². The molecule has 0 aromatic carbocycles. The van der Waals surface area contributed by atoms with Crippen LogP contribution in [0.15, 0.2) is 16.8 Å². The molecule has 1 aromatic rings. The molecule has 1 aliphatic carbocycles. The Morgan fingerprint density at radius 3 is 3.00 bits per heavy atom. The van der Waals surface area contributed by atoms with Crippen molar-refractivity contribution in [3.05, 3.63) is 22.4 Å². The van der Waals surface area contributed by atoms with E-state index in [2.05, 4.69) is 29.1 Å². The summed E-state index contributed by atoms with van der Waals surface area (Å²) in [4.78, 5) is 0. The van der Waals surface area contributed by atoms with Gasteiger partial charge in [0.2, 0.25) is 0 Å². The summed E-state index contributed by atoms with van der Waals surface area (Å²) in [6, 6.07) is 2.76. The summed E-state index contributed by atoms with van der Waals surface area (Å²) in [7, 11) is 0. The average Bonchev–Trinajstić information content (AvgIpc) is 2.89. The van der Waals surface area contributed by atoms with Gasteiger partial charge in [-0.25, -0.2) is 0 Å². The first-order valence-electron chi connectivity index (χ1n) is 7.68. The molecule has 1 heterocycles. The fourth-order valence-corrected chi connectivity index (χ4v) is 3.75. The number of hydrogen-bond donors (Lipinski definition) is 2. The Hall–Kier alpha value is -0.380. The minimum Gasteiger partial charge on any atom is -0.393 e. The molecule has 1 aromatic heterocycles. The van der Waals surface area contributed by atoms with Gasteiger partial charge in [0.25, 0.3) is 0 Å². The smallest absolute Gasteiger partial charge is 0.0568 e. The summed E-state index contributed by atoms with van der Waals surface area (Å²) in [6.07, 6.45) is 8.23. The van der Waals surface area contributed by atoms with Crippen molar-refractivity contribution < 1.29 is 5.11 Å². The standard InChI is InChI=1S/C16H27NOS/c1-13(11-14-8-10-19-12-14)17-9-4-6-15-5-2-3-7-16(15)18/h8,10,12-13,15-18H,2-7,9,11H2,1H3. The lowest BCUT2D eigenvalue weighted by Gasteiger charge is -2.27. The van der Waals surface area contributed by atoms with Gasteiger partial charge in [0.15, 0.2) is 0 Å². The average molecular weight is 281 g/mol. The summed E-state index contributed by atoms with van der Waals surface area (Å²) >= 11 is 1.77. The molecular formula is C16H27NOS. The molecule has 1 fully saturated rings. The molecule has 0 amide bonds. The van der Waals surface area contributed by atoms with Crippen LogP contribution < -0.4 is 5.32 Å². The number of rotatable bonds is 7. The van der Waals surface area contributed by atoms with Crippen LogP contribution in [0.2, 0.25) is 0 Å². The number of aliphatic hydroxyl groups is 1. The monoisotopic (exact) mass is 281 g/mol. The second-order valence-electron chi connectivity index (χ2n) is 5.95. The first kappa shape index (κ1) is 15.0. The SMILES string of the molecule is CC(Cc1ccsc1)NCCCC1CCCCC1O. The molecule has 0 radical (unpaired) electrons. The predicted molar refractivity (Wildman–Crippen MR) is 82.7 cm³/mol. The summed E-state index contributed by atoms with van der Waals surface area (Å²) in [5.41, 5.74) is 1.44. The molecular weight excluding hydrogens is 254 g/mol. The van der Waals surface area contributed by atoms with E-state index in [0.717, 1.165) is 19.4 Å². The van der Waals surface area contributed by atoms with Crippen molar-refractivity contribution in [2.75, 3.05) is 6.54 Å². The van der Waals surface area contributed by atoms with Gasteiger partial charge in [0.05, 0.1) is 6.10 Å². The maximum Gasteiger partial charge on any atom is 0.0568 e. The Labute approximate surface area is 121 Å². The zero-order chi connectivity index (χ0) is 13.5. The van der Waals surface area contributed by atoms with Crippen LogP contribution in [0.5, 0.6) is 0 Å². The van der Waals surface area contributed by atoms with Crippen molar-refractivity contribution in [3.8, 4) is 0 Å². The van der Waals surface area contributed by atoms with E-state index in [0.29, 0.717) is 12.0 Å².